The zero-order chi connectivity index (χ0) is 35.3. The van der Waals surface area contributed by atoms with E-state index in [0.717, 1.165) is 56.9 Å². The number of ether oxygens (including phenoxy) is 1. The number of aromatic nitrogens is 2. The van der Waals surface area contributed by atoms with Gasteiger partial charge in [0.1, 0.15) is 0 Å². The Balaban J connectivity index is 0.00000420. The number of rotatable bonds is 6. The number of benzene rings is 6. The second kappa shape index (κ2) is 13.9. The Bertz CT molecular complexity index is 2410. The predicted molar refractivity (Wildman–Crippen MR) is 213 cm³/mol. The molecule has 4 heteroatoms. The summed E-state index contributed by atoms with van der Waals surface area (Å²) in [5.74, 6) is 1.22. The minimum Gasteiger partial charge on any atom is -0.497 e. The van der Waals surface area contributed by atoms with Gasteiger partial charge in [0.15, 0.2) is 0 Å². The summed E-state index contributed by atoms with van der Waals surface area (Å²) in [5.41, 5.74) is 6.63. The molecule has 0 amide bonds. The fourth-order valence-electron chi connectivity index (χ4n) is 7.47. The summed E-state index contributed by atoms with van der Waals surface area (Å²) in [6.07, 6.45) is 5.76. The van der Waals surface area contributed by atoms with Crippen LogP contribution in [-0.2, 0) is 33.9 Å². The van der Waals surface area contributed by atoms with E-state index in [1.807, 2.05) is 36.7 Å². The van der Waals surface area contributed by atoms with Crippen molar-refractivity contribution in [3.8, 4) is 34.0 Å². The molecule has 0 fully saturated rings. The average Bonchev–Trinajstić information content (AvgIpc) is 3.10. The first-order chi connectivity index (χ1) is 24.5. The van der Waals surface area contributed by atoms with E-state index in [0.29, 0.717) is 11.5 Å². The average molecular weight is 858 g/mol. The van der Waals surface area contributed by atoms with Gasteiger partial charge < -0.3 is 14.7 Å². The van der Waals surface area contributed by atoms with Gasteiger partial charge in [-0.25, -0.2) is 0 Å². The predicted octanol–water partition coefficient (Wildman–Crippen LogP) is 13.0. The molecule has 0 aliphatic heterocycles. The molecule has 6 aromatic carbocycles. The van der Waals surface area contributed by atoms with E-state index in [2.05, 4.69) is 139 Å². The maximum absolute atomic E-state index is 6.48. The Hall–Kier alpha value is -4.85. The third kappa shape index (κ3) is 7.12. The monoisotopic (exact) mass is 857 g/mol. The smallest absolute Gasteiger partial charge is 0.497 e. The topological polar surface area (TPSA) is 35.0 Å². The van der Waals surface area contributed by atoms with Gasteiger partial charge in [-0.3, -0.25) is 0 Å². The van der Waals surface area contributed by atoms with Gasteiger partial charge in [0, 0.05) is 23.9 Å². The van der Waals surface area contributed by atoms with Crippen LogP contribution in [0.2, 0.25) is 0 Å². The van der Waals surface area contributed by atoms with Gasteiger partial charge in [-0.2, -0.15) is 0 Å². The van der Waals surface area contributed by atoms with Crippen molar-refractivity contribution < 1.29 is 25.8 Å². The van der Waals surface area contributed by atoms with Crippen molar-refractivity contribution >= 4 is 43.1 Å². The van der Waals surface area contributed by atoms with Gasteiger partial charge in [-0.05, 0) is 101 Å². The van der Waals surface area contributed by atoms with Gasteiger partial charge in [0.05, 0.1) is 0 Å². The first-order valence-electron chi connectivity index (χ1n) is 17.8. The molecule has 0 atom stereocenters. The van der Waals surface area contributed by atoms with Crippen LogP contribution < -0.4 is 4.74 Å². The normalized spacial score (nSPS) is 12.0. The van der Waals surface area contributed by atoms with Crippen LogP contribution in [0.5, 0.6) is 11.5 Å². The summed E-state index contributed by atoms with van der Waals surface area (Å²) in [4.78, 5) is 9.82. The van der Waals surface area contributed by atoms with Gasteiger partial charge >= 0.3 is 21.1 Å². The number of hydrogen-bond acceptors (Lipinski definition) is 3. The van der Waals surface area contributed by atoms with Crippen molar-refractivity contribution in [2.45, 2.75) is 54.4 Å². The van der Waals surface area contributed by atoms with E-state index in [1.165, 1.54) is 32.7 Å². The molecule has 0 aliphatic carbocycles. The third-order valence-corrected chi connectivity index (χ3v) is 9.47. The first kappa shape index (κ1) is 35.5. The molecule has 0 aliphatic rings. The molecule has 0 saturated carbocycles. The van der Waals surface area contributed by atoms with E-state index in [1.54, 1.807) is 0 Å². The molecule has 2 heterocycles. The SMILES string of the molecule is CC(C)(C)Cc1cccc2c1ccc1ccnc(-c3[c-]c(Oc4[c-]c(-c5nccc6ccc7c(CC(C)(C)C)cccc7c56)ccc4)ccc3)c12.[Pt+2]. The molecule has 8 rings (SSSR count). The molecular formula is C48H42N2OPt. The minimum absolute atomic E-state index is 0. The van der Waals surface area contributed by atoms with Crippen molar-refractivity contribution in [1.82, 2.24) is 9.97 Å². The molecule has 0 unspecified atom stereocenters. The van der Waals surface area contributed by atoms with E-state index < -0.39 is 0 Å². The molecule has 0 bridgehead atoms. The molecule has 2 aromatic heterocycles. The van der Waals surface area contributed by atoms with Crippen LogP contribution in [0.3, 0.4) is 0 Å². The minimum atomic E-state index is 0. The Morgan fingerprint density at radius 1 is 0.481 bits per heavy atom. The molecular weight excluding hydrogens is 816 g/mol. The molecule has 260 valence electrons. The molecule has 3 nitrogen and oxygen atoms in total. The largest absolute Gasteiger partial charge is 2.00 e. The Labute approximate surface area is 321 Å². The van der Waals surface area contributed by atoms with Crippen LogP contribution in [0, 0.1) is 23.0 Å². The third-order valence-electron chi connectivity index (χ3n) is 9.47. The van der Waals surface area contributed by atoms with E-state index in [-0.39, 0.29) is 31.9 Å². The maximum Gasteiger partial charge on any atom is 2.00 e. The zero-order valence-electron chi connectivity index (χ0n) is 30.6. The number of fused-ring (bicyclic) bond motifs is 6. The number of nitrogens with zero attached hydrogens (tertiary/aromatic N) is 2. The quantitative estimate of drug-likeness (QED) is 0.123. The van der Waals surface area contributed by atoms with Crippen LogP contribution in [0.4, 0.5) is 0 Å². The van der Waals surface area contributed by atoms with Gasteiger partial charge in [0.25, 0.3) is 0 Å². The summed E-state index contributed by atoms with van der Waals surface area (Å²) >= 11 is 0. The van der Waals surface area contributed by atoms with E-state index in [9.17, 15) is 0 Å². The summed E-state index contributed by atoms with van der Waals surface area (Å²) in [5, 5.41) is 9.53. The molecule has 8 aromatic rings. The second-order valence-corrected chi connectivity index (χ2v) is 16.1. The second-order valence-electron chi connectivity index (χ2n) is 16.1. The maximum atomic E-state index is 6.48. The van der Waals surface area contributed by atoms with Crippen molar-refractivity contribution in [3.05, 3.63) is 145 Å². The van der Waals surface area contributed by atoms with Crippen LogP contribution in [-0.4, -0.2) is 9.97 Å². The number of pyridine rings is 2. The van der Waals surface area contributed by atoms with Crippen molar-refractivity contribution in [3.63, 3.8) is 0 Å². The molecule has 0 spiro atoms. The van der Waals surface area contributed by atoms with Gasteiger partial charge in [-0.1, -0.05) is 114 Å². The number of hydrogen-bond donors (Lipinski definition) is 0. The first-order valence-corrected chi connectivity index (χ1v) is 17.8. The fraction of sp³-hybridized carbons (Fsp3) is 0.208. The molecule has 52 heavy (non-hydrogen) atoms. The summed E-state index contributed by atoms with van der Waals surface area (Å²) in [6.45, 7) is 13.7. The molecule has 0 radical (unpaired) electrons. The summed E-state index contributed by atoms with van der Waals surface area (Å²) < 4.78 is 6.48. The van der Waals surface area contributed by atoms with Crippen LogP contribution >= 0.6 is 0 Å². The van der Waals surface area contributed by atoms with Gasteiger partial charge in [-0.15, -0.1) is 47.5 Å². The summed E-state index contributed by atoms with van der Waals surface area (Å²) in [6, 6.07) is 45.5. The van der Waals surface area contributed by atoms with Crippen LogP contribution in [0.15, 0.2) is 122 Å². The Morgan fingerprint density at radius 2 is 0.904 bits per heavy atom. The van der Waals surface area contributed by atoms with Crippen molar-refractivity contribution in [1.29, 1.82) is 0 Å². The van der Waals surface area contributed by atoms with E-state index >= 15 is 0 Å². The van der Waals surface area contributed by atoms with E-state index in [4.69, 9.17) is 14.7 Å². The zero-order valence-corrected chi connectivity index (χ0v) is 32.9. The van der Waals surface area contributed by atoms with Crippen molar-refractivity contribution in [2.24, 2.45) is 10.8 Å². The Morgan fingerprint density at radius 3 is 1.33 bits per heavy atom. The molecule has 0 N–H and O–H groups in total. The fourth-order valence-corrected chi connectivity index (χ4v) is 7.47. The van der Waals surface area contributed by atoms with Crippen molar-refractivity contribution in [2.75, 3.05) is 0 Å². The van der Waals surface area contributed by atoms with Gasteiger partial charge in [0.2, 0.25) is 0 Å². The van der Waals surface area contributed by atoms with Crippen LogP contribution in [0.25, 0.3) is 65.6 Å². The standard InChI is InChI=1S/C48H42N2O.Pt/c1-47(2,3)29-35-13-9-17-41-39(35)21-19-31-23-25-49-45(43(31)41)33-11-7-15-37(27-33)51-38-16-8-12-34(28-38)46-44-32(24-26-50-46)20-22-40-36(30-48(4,5)6)14-10-18-42(40)44;/h7-26H,29-30H2,1-6H3;/q-2;+2. The Kier molecular flexibility index (Phi) is 9.53. The molecule has 0 saturated heterocycles. The summed E-state index contributed by atoms with van der Waals surface area (Å²) in [7, 11) is 0. The van der Waals surface area contributed by atoms with Crippen LogP contribution in [0.1, 0.15) is 52.7 Å².